The fourth-order valence-corrected chi connectivity index (χ4v) is 3.17. The summed E-state index contributed by atoms with van der Waals surface area (Å²) >= 11 is 1.62. The molecule has 0 aromatic rings. The average Bonchev–Trinajstić information content (AvgIpc) is 2.92. The first-order valence-electron chi connectivity index (χ1n) is 6.91. The molecule has 0 saturated carbocycles. The van der Waals surface area contributed by atoms with Crippen molar-refractivity contribution in [3.8, 4) is 0 Å². The minimum absolute atomic E-state index is 0. The van der Waals surface area contributed by atoms with E-state index in [0.717, 1.165) is 12.8 Å². The SMILES string of the molecule is CCC(=O)N1CSCC1C(=O)NCC(N)(CC)CC.Cl. The standard InChI is InChI=1S/C13H25N3O2S.ClH/c1-4-11(17)16-9-19-7-10(16)12(18)15-8-13(14,5-2)6-3;/h10H,4-9,14H2,1-3H3,(H,15,18);1H. The number of nitrogens with one attached hydrogen (secondary N) is 1. The molecule has 1 heterocycles. The number of amides is 2. The van der Waals surface area contributed by atoms with Gasteiger partial charge in [0.1, 0.15) is 6.04 Å². The molecule has 5 nitrogen and oxygen atoms in total. The first-order valence-corrected chi connectivity index (χ1v) is 8.06. The van der Waals surface area contributed by atoms with Gasteiger partial charge in [-0.15, -0.1) is 24.2 Å². The molecule has 1 saturated heterocycles. The molecule has 1 fully saturated rings. The Morgan fingerprint density at radius 2 is 1.95 bits per heavy atom. The highest BCUT2D eigenvalue weighted by Crippen LogP contribution is 2.22. The van der Waals surface area contributed by atoms with Crippen molar-refractivity contribution in [1.29, 1.82) is 0 Å². The smallest absolute Gasteiger partial charge is 0.243 e. The number of hydrogen-bond donors (Lipinski definition) is 2. The highest BCUT2D eigenvalue weighted by molar-refractivity contribution is 7.99. The van der Waals surface area contributed by atoms with E-state index in [1.807, 2.05) is 20.8 Å². The van der Waals surface area contributed by atoms with E-state index < -0.39 is 0 Å². The van der Waals surface area contributed by atoms with E-state index in [4.69, 9.17) is 5.73 Å². The Morgan fingerprint density at radius 3 is 2.45 bits per heavy atom. The van der Waals surface area contributed by atoms with Crippen LogP contribution in [-0.4, -0.2) is 46.5 Å². The summed E-state index contributed by atoms with van der Waals surface area (Å²) in [6.07, 6.45) is 2.08. The largest absolute Gasteiger partial charge is 0.352 e. The normalized spacial score (nSPS) is 18.6. The molecule has 118 valence electrons. The van der Waals surface area contributed by atoms with Crippen molar-refractivity contribution < 1.29 is 9.59 Å². The van der Waals surface area contributed by atoms with Gasteiger partial charge in [-0.05, 0) is 12.8 Å². The van der Waals surface area contributed by atoms with E-state index in [-0.39, 0.29) is 35.8 Å². The highest BCUT2D eigenvalue weighted by atomic mass is 35.5. The van der Waals surface area contributed by atoms with Crippen LogP contribution in [0.4, 0.5) is 0 Å². The molecule has 0 aromatic heterocycles. The van der Waals surface area contributed by atoms with E-state index in [0.29, 0.717) is 24.6 Å². The maximum atomic E-state index is 12.2. The summed E-state index contributed by atoms with van der Waals surface area (Å²) in [6.45, 7) is 6.33. The number of carbonyl (C=O) groups excluding carboxylic acids is 2. The highest BCUT2D eigenvalue weighted by Gasteiger charge is 2.34. The fourth-order valence-electron chi connectivity index (χ4n) is 1.99. The zero-order valence-corrected chi connectivity index (χ0v) is 14.1. The number of thioether (sulfide) groups is 1. The van der Waals surface area contributed by atoms with Crippen LogP contribution in [0.3, 0.4) is 0 Å². The van der Waals surface area contributed by atoms with Crippen molar-refractivity contribution >= 4 is 36.0 Å². The van der Waals surface area contributed by atoms with E-state index in [1.165, 1.54) is 0 Å². The lowest BCUT2D eigenvalue weighted by atomic mass is 9.94. The molecule has 1 rings (SSSR count). The van der Waals surface area contributed by atoms with Crippen LogP contribution in [0.25, 0.3) is 0 Å². The van der Waals surface area contributed by atoms with E-state index in [1.54, 1.807) is 16.7 Å². The van der Waals surface area contributed by atoms with Crippen molar-refractivity contribution in [1.82, 2.24) is 10.2 Å². The lowest BCUT2D eigenvalue weighted by Crippen LogP contribution is -2.54. The minimum atomic E-state index is -0.346. The Hall–Kier alpha value is -0.460. The van der Waals surface area contributed by atoms with Gasteiger partial charge in [-0.2, -0.15) is 0 Å². The van der Waals surface area contributed by atoms with Crippen LogP contribution in [0.2, 0.25) is 0 Å². The van der Waals surface area contributed by atoms with Crippen LogP contribution in [0.1, 0.15) is 40.0 Å². The monoisotopic (exact) mass is 323 g/mol. The predicted molar refractivity (Wildman–Crippen MR) is 86.0 cm³/mol. The average molecular weight is 324 g/mol. The van der Waals surface area contributed by atoms with Gasteiger partial charge >= 0.3 is 0 Å². The van der Waals surface area contributed by atoms with Crippen LogP contribution in [-0.2, 0) is 9.59 Å². The van der Waals surface area contributed by atoms with Crippen LogP contribution >= 0.6 is 24.2 Å². The van der Waals surface area contributed by atoms with Gasteiger partial charge in [-0.25, -0.2) is 0 Å². The molecule has 0 bridgehead atoms. The fraction of sp³-hybridized carbons (Fsp3) is 0.846. The van der Waals surface area contributed by atoms with Crippen molar-refractivity contribution in [3.63, 3.8) is 0 Å². The molecule has 1 atom stereocenters. The first kappa shape index (κ1) is 19.5. The second-order valence-electron chi connectivity index (χ2n) is 5.02. The Balaban J connectivity index is 0.00000361. The molecular weight excluding hydrogens is 298 g/mol. The maximum Gasteiger partial charge on any atom is 0.243 e. The Morgan fingerprint density at radius 1 is 1.35 bits per heavy atom. The van der Waals surface area contributed by atoms with Crippen molar-refractivity contribution in [3.05, 3.63) is 0 Å². The summed E-state index contributed by atoms with van der Waals surface area (Å²) in [5.74, 6) is 1.24. The topological polar surface area (TPSA) is 75.4 Å². The van der Waals surface area contributed by atoms with E-state index in [9.17, 15) is 9.59 Å². The summed E-state index contributed by atoms with van der Waals surface area (Å²) in [5.41, 5.74) is 5.82. The van der Waals surface area contributed by atoms with Crippen molar-refractivity contribution in [2.45, 2.75) is 51.6 Å². The third-order valence-electron chi connectivity index (χ3n) is 3.83. The number of nitrogens with two attached hydrogens (primary N) is 1. The summed E-state index contributed by atoms with van der Waals surface area (Å²) < 4.78 is 0. The van der Waals surface area contributed by atoms with E-state index in [2.05, 4.69) is 5.32 Å². The molecule has 0 spiro atoms. The third-order valence-corrected chi connectivity index (χ3v) is 4.84. The quantitative estimate of drug-likeness (QED) is 0.773. The predicted octanol–water partition coefficient (Wildman–Crippen LogP) is 1.35. The molecule has 3 N–H and O–H groups in total. The maximum absolute atomic E-state index is 12.2. The molecule has 1 aliphatic rings. The van der Waals surface area contributed by atoms with Crippen molar-refractivity contribution in [2.75, 3.05) is 18.2 Å². The van der Waals surface area contributed by atoms with Crippen LogP contribution < -0.4 is 11.1 Å². The third kappa shape index (κ3) is 4.82. The number of halogens is 1. The van der Waals surface area contributed by atoms with Gasteiger partial charge in [0.2, 0.25) is 11.8 Å². The summed E-state index contributed by atoms with van der Waals surface area (Å²) in [6, 6.07) is -0.338. The lowest BCUT2D eigenvalue weighted by Gasteiger charge is -2.29. The Labute approximate surface area is 131 Å². The van der Waals surface area contributed by atoms with Gasteiger partial charge in [0.05, 0.1) is 5.88 Å². The van der Waals surface area contributed by atoms with Gasteiger partial charge in [0.15, 0.2) is 0 Å². The molecule has 1 aliphatic heterocycles. The van der Waals surface area contributed by atoms with Gasteiger partial charge in [0, 0.05) is 24.3 Å². The van der Waals surface area contributed by atoms with Crippen LogP contribution in [0, 0.1) is 0 Å². The van der Waals surface area contributed by atoms with Gasteiger partial charge in [-0.1, -0.05) is 20.8 Å². The van der Waals surface area contributed by atoms with Gasteiger partial charge in [-0.3, -0.25) is 9.59 Å². The molecule has 2 amide bonds. The second-order valence-corrected chi connectivity index (χ2v) is 6.02. The molecule has 0 radical (unpaired) electrons. The molecule has 20 heavy (non-hydrogen) atoms. The summed E-state index contributed by atoms with van der Waals surface area (Å²) in [4.78, 5) is 25.6. The van der Waals surface area contributed by atoms with Crippen LogP contribution in [0.15, 0.2) is 0 Å². The second kappa shape index (κ2) is 8.74. The zero-order valence-electron chi connectivity index (χ0n) is 12.5. The first-order chi connectivity index (χ1) is 8.97. The molecule has 7 heteroatoms. The lowest BCUT2D eigenvalue weighted by molar-refractivity contribution is -0.137. The molecule has 1 unspecified atom stereocenters. The van der Waals surface area contributed by atoms with E-state index >= 15 is 0 Å². The molecule has 0 aliphatic carbocycles. The summed E-state index contributed by atoms with van der Waals surface area (Å²) in [7, 11) is 0. The Bertz CT molecular complexity index is 338. The zero-order chi connectivity index (χ0) is 14.5. The Kier molecular flexibility index (Phi) is 8.54. The van der Waals surface area contributed by atoms with Crippen LogP contribution in [0.5, 0.6) is 0 Å². The summed E-state index contributed by atoms with van der Waals surface area (Å²) in [5, 5.41) is 2.90. The minimum Gasteiger partial charge on any atom is -0.352 e. The van der Waals surface area contributed by atoms with Crippen molar-refractivity contribution in [2.24, 2.45) is 5.73 Å². The van der Waals surface area contributed by atoms with Gasteiger partial charge in [0.25, 0.3) is 0 Å². The number of nitrogens with zero attached hydrogens (tertiary/aromatic N) is 1. The molecular formula is C13H26ClN3O2S. The number of hydrogen-bond acceptors (Lipinski definition) is 4. The van der Waals surface area contributed by atoms with Gasteiger partial charge < -0.3 is 16.0 Å². The molecule has 0 aromatic carbocycles. The number of carbonyl (C=O) groups is 2. The number of rotatable bonds is 6.